The zero-order valence-electron chi connectivity index (χ0n) is 11.8. The Morgan fingerprint density at radius 1 is 1.48 bits per heavy atom. The number of hydrogen-bond acceptors (Lipinski definition) is 4. The molecule has 1 aliphatic rings. The molecule has 1 aliphatic heterocycles. The number of sulfone groups is 1. The first-order chi connectivity index (χ1) is 9.98. The van der Waals surface area contributed by atoms with Gasteiger partial charge in [-0.05, 0) is 31.5 Å². The first-order valence-corrected chi connectivity index (χ1v) is 9.27. The van der Waals surface area contributed by atoms with Crippen molar-refractivity contribution in [3.05, 3.63) is 29.0 Å². The molecule has 114 valence electrons. The van der Waals surface area contributed by atoms with Crippen LogP contribution in [0.4, 0.5) is 0 Å². The quantitative estimate of drug-likeness (QED) is 0.932. The third-order valence-corrected chi connectivity index (χ3v) is 5.89. The van der Waals surface area contributed by atoms with Crippen molar-refractivity contribution in [1.82, 2.24) is 14.9 Å². The highest BCUT2D eigenvalue weighted by atomic mass is 35.5. The van der Waals surface area contributed by atoms with Gasteiger partial charge in [-0.1, -0.05) is 11.6 Å². The Morgan fingerprint density at radius 2 is 2.29 bits per heavy atom. The second kappa shape index (κ2) is 5.59. The van der Waals surface area contributed by atoms with Gasteiger partial charge in [0.25, 0.3) is 0 Å². The van der Waals surface area contributed by atoms with E-state index in [4.69, 9.17) is 11.6 Å². The van der Waals surface area contributed by atoms with Crippen LogP contribution in [0.1, 0.15) is 19.2 Å². The highest BCUT2D eigenvalue weighted by molar-refractivity contribution is 7.91. The van der Waals surface area contributed by atoms with E-state index in [-0.39, 0.29) is 17.5 Å². The topological polar surface area (TPSA) is 64.0 Å². The van der Waals surface area contributed by atoms with Crippen molar-refractivity contribution in [3.8, 4) is 0 Å². The summed E-state index contributed by atoms with van der Waals surface area (Å²) in [6.07, 6.45) is 0.681. The molecule has 1 saturated heterocycles. The number of imidazole rings is 1. The molecule has 1 unspecified atom stereocenters. The lowest BCUT2D eigenvalue weighted by Gasteiger charge is -2.11. The van der Waals surface area contributed by atoms with E-state index in [1.165, 1.54) is 0 Å². The van der Waals surface area contributed by atoms with Gasteiger partial charge in [0.2, 0.25) is 0 Å². The van der Waals surface area contributed by atoms with Gasteiger partial charge in [0, 0.05) is 17.6 Å². The molecule has 0 aliphatic carbocycles. The van der Waals surface area contributed by atoms with Crippen LogP contribution < -0.4 is 5.32 Å². The summed E-state index contributed by atoms with van der Waals surface area (Å²) in [6, 6.07) is 5.71. The minimum Gasteiger partial charge on any atom is -0.327 e. The van der Waals surface area contributed by atoms with E-state index < -0.39 is 9.84 Å². The molecule has 1 aromatic heterocycles. The normalized spacial score (nSPS) is 21.1. The number of halogens is 1. The van der Waals surface area contributed by atoms with Crippen LogP contribution >= 0.6 is 11.6 Å². The van der Waals surface area contributed by atoms with Gasteiger partial charge in [-0.2, -0.15) is 0 Å². The highest BCUT2D eigenvalue weighted by Gasteiger charge is 2.27. The van der Waals surface area contributed by atoms with Crippen molar-refractivity contribution in [2.75, 3.05) is 11.5 Å². The minimum atomic E-state index is -2.85. The molecule has 2 heterocycles. The van der Waals surface area contributed by atoms with E-state index in [9.17, 15) is 8.42 Å². The second-order valence-corrected chi connectivity index (χ2v) is 8.05. The molecule has 1 N–H and O–H groups in total. The fourth-order valence-corrected chi connectivity index (χ4v) is 4.71. The minimum absolute atomic E-state index is 0.0312. The molecule has 1 aromatic carbocycles. The average Bonchev–Trinajstić information content (AvgIpc) is 2.95. The molecule has 0 bridgehead atoms. The molecular formula is C14H18ClN3O2S. The predicted octanol–water partition coefficient (Wildman–Crippen LogP) is 1.99. The Balaban J connectivity index is 1.80. The Morgan fingerprint density at radius 3 is 2.95 bits per heavy atom. The van der Waals surface area contributed by atoms with Crippen LogP contribution in [0.15, 0.2) is 18.2 Å². The average molecular weight is 328 g/mol. The first kappa shape index (κ1) is 14.8. The summed E-state index contributed by atoms with van der Waals surface area (Å²) in [5, 5.41) is 3.98. The lowest BCUT2D eigenvalue weighted by Crippen LogP contribution is -2.30. The van der Waals surface area contributed by atoms with E-state index in [0.29, 0.717) is 18.0 Å². The Labute approximate surface area is 129 Å². The Kier molecular flexibility index (Phi) is 3.94. The molecule has 3 rings (SSSR count). The maximum Gasteiger partial charge on any atom is 0.151 e. The Hall–Kier alpha value is -1.11. The maximum absolute atomic E-state index is 11.5. The van der Waals surface area contributed by atoms with Crippen molar-refractivity contribution in [2.45, 2.75) is 32.5 Å². The summed E-state index contributed by atoms with van der Waals surface area (Å²) < 4.78 is 25.1. The standard InChI is InChI=1S/C14H18ClN3O2S/c1-2-18-13-4-3-10(15)7-12(13)17-14(18)8-16-11-5-6-21(19,20)9-11/h3-4,7,11,16H,2,5-6,8-9H2,1H3. The second-order valence-electron chi connectivity index (χ2n) is 5.39. The van der Waals surface area contributed by atoms with E-state index >= 15 is 0 Å². The lowest BCUT2D eigenvalue weighted by molar-refractivity contribution is 0.529. The van der Waals surface area contributed by atoms with Crippen molar-refractivity contribution in [2.24, 2.45) is 0 Å². The molecule has 1 fully saturated rings. The highest BCUT2D eigenvalue weighted by Crippen LogP contribution is 2.21. The number of nitrogens with zero attached hydrogens (tertiary/aromatic N) is 2. The zero-order valence-corrected chi connectivity index (χ0v) is 13.4. The summed E-state index contributed by atoms with van der Waals surface area (Å²) in [4.78, 5) is 4.61. The number of fused-ring (bicyclic) bond motifs is 1. The first-order valence-electron chi connectivity index (χ1n) is 7.07. The SMILES string of the molecule is CCn1c(CNC2CCS(=O)(=O)C2)nc2cc(Cl)ccc21. The Bertz CT molecular complexity index is 770. The number of aromatic nitrogens is 2. The molecule has 21 heavy (non-hydrogen) atoms. The summed E-state index contributed by atoms with van der Waals surface area (Å²) in [5.41, 5.74) is 1.93. The molecule has 0 spiro atoms. The van der Waals surface area contributed by atoms with Crippen LogP contribution in [0, 0.1) is 0 Å². The smallest absolute Gasteiger partial charge is 0.151 e. The van der Waals surface area contributed by atoms with Crippen LogP contribution in [0.25, 0.3) is 11.0 Å². The van der Waals surface area contributed by atoms with Crippen molar-refractivity contribution < 1.29 is 8.42 Å². The third kappa shape index (κ3) is 3.07. The lowest BCUT2D eigenvalue weighted by atomic mass is 10.2. The summed E-state index contributed by atoms with van der Waals surface area (Å²) >= 11 is 6.00. The van der Waals surface area contributed by atoms with E-state index in [1.807, 2.05) is 18.2 Å². The van der Waals surface area contributed by atoms with Crippen molar-refractivity contribution in [1.29, 1.82) is 0 Å². The number of rotatable bonds is 4. The van der Waals surface area contributed by atoms with E-state index in [2.05, 4.69) is 21.8 Å². The van der Waals surface area contributed by atoms with E-state index in [1.54, 1.807) is 0 Å². The van der Waals surface area contributed by atoms with Gasteiger partial charge in [-0.3, -0.25) is 0 Å². The van der Waals surface area contributed by atoms with E-state index in [0.717, 1.165) is 23.4 Å². The van der Waals surface area contributed by atoms with Crippen LogP contribution in [0.2, 0.25) is 5.02 Å². The van der Waals surface area contributed by atoms with Gasteiger partial charge >= 0.3 is 0 Å². The molecule has 0 saturated carbocycles. The van der Waals surface area contributed by atoms with Gasteiger partial charge in [0.1, 0.15) is 5.82 Å². The predicted molar refractivity (Wildman–Crippen MR) is 84.3 cm³/mol. The molecule has 2 aromatic rings. The third-order valence-electron chi connectivity index (χ3n) is 3.89. The molecular weight excluding hydrogens is 310 g/mol. The molecule has 1 atom stereocenters. The zero-order chi connectivity index (χ0) is 15.0. The molecule has 0 amide bonds. The van der Waals surface area contributed by atoms with Crippen molar-refractivity contribution in [3.63, 3.8) is 0 Å². The summed E-state index contributed by atoms with van der Waals surface area (Å²) in [6.45, 7) is 3.46. The van der Waals surface area contributed by atoms with Gasteiger partial charge in [-0.15, -0.1) is 0 Å². The monoisotopic (exact) mass is 327 g/mol. The summed E-state index contributed by atoms with van der Waals surface area (Å²) in [7, 11) is -2.85. The van der Waals surface area contributed by atoms with Crippen LogP contribution in [-0.2, 0) is 22.9 Å². The number of benzene rings is 1. The van der Waals surface area contributed by atoms with Gasteiger partial charge < -0.3 is 9.88 Å². The molecule has 7 heteroatoms. The van der Waals surface area contributed by atoms with Crippen molar-refractivity contribution >= 4 is 32.5 Å². The van der Waals surface area contributed by atoms with Gasteiger partial charge in [0.05, 0.1) is 29.1 Å². The largest absolute Gasteiger partial charge is 0.327 e. The maximum atomic E-state index is 11.5. The van der Waals surface area contributed by atoms with Crippen LogP contribution in [-0.4, -0.2) is 35.5 Å². The van der Waals surface area contributed by atoms with Gasteiger partial charge in [0.15, 0.2) is 9.84 Å². The van der Waals surface area contributed by atoms with Gasteiger partial charge in [-0.25, -0.2) is 13.4 Å². The number of aryl methyl sites for hydroxylation is 1. The number of hydrogen-bond donors (Lipinski definition) is 1. The molecule has 0 radical (unpaired) electrons. The number of nitrogens with one attached hydrogen (secondary N) is 1. The summed E-state index contributed by atoms with van der Waals surface area (Å²) in [5.74, 6) is 1.43. The van der Waals surface area contributed by atoms with Crippen LogP contribution in [0.5, 0.6) is 0 Å². The fraction of sp³-hybridized carbons (Fsp3) is 0.500. The molecule has 5 nitrogen and oxygen atoms in total. The fourth-order valence-electron chi connectivity index (χ4n) is 2.83. The van der Waals surface area contributed by atoms with Crippen LogP contribution in [0.3, 0.4) is 0 Å².